The number of thiophene rings is 1. The Kier molecular flexibility index (Phi) is 6.55. The molecule has 1 unspecified atom stereocenters. The topological polar surface area (TPSA) is 35.5 Å². The van der Waals surface area contributed by atoms with Crippen molar-refractivity contribution < 1.29 is 14.3 Å². The van der Waals surface area contributed by atoms with Crippen molar-refractivity contribution in [1.82, 2.24) is 0 Å². The van der Waals surface area contributed by atoms with E-state index >= 15 is 0 Å². The fraction of sp³-hybridized carbons (Fsp3) is 0.300. The number of carbonyl (C=O) groups excluding carboxylic acids is 1. The van der Waals surface area contributed by atoms with Gasteiger partial charge in [-0.3, -0.25) is 0 Å². The highest BCUT2D eigenvalue weighted by molar-refractivity contribution is 7.45. The van der Waals surface area contributed by atoms with E-state index in [0.29, 0.717) is 5.75 Å². The van der Waals surface area contributed by atoms with E-state index in [9.17, 15) is 4.79 Å². The Morgan fingerprint density at radius 2 is 1.44 bits per heavy atom. The molecule has 0 saturated carbocycles. The number of ether oxygens (including phenoxy) is 2. The van der Waals surface area contributed by atoms with Crippen molar-refractivity contribution >= 4 is 26.5 Å². The molecular formula is C30H33O3S+. The van der Waals surface area contributed by atoms with Crippen LogP contribution in [0.3, 0.4) is 0 Å². The predicted molar refractivity (Wildman–Crippen MR) is 142 cm³/mol. The molecule has 0 saturated heterocycles. The molecule has 0 bridgehead atoms. The molecule has 0 aliphatic carbocycles. The van der Waals surface area contributed by atoms with E-state index in [1.54, 1.807) is 0 Å². The molecule has 0 radical (unpaired) electrons. The van der Waals surface area contributed by atoms with Crippen LogP contribution in [0.1, 0.15) is 50.6 Å². The predicted octanol–water partition coefficient (Wildman–Crippen LogP) is 8.04. The maximum atomic E-state index is 12.5. The van der Waals surface area contributed by atoms with Crippen molar-refractivity contribution in [2.24, 2.45) is 0 Å². The Morgan fingerprint density at radius 3 is 2.09 bits per heavy atom. The number of fused-ring (bicyclic) bond motifs is 1. The standard InChI is InChI=1S/C30H33O3S/c1-21-19-22-9-7-8-10-27(22)34(21)26-17-15-25(16-18-26)32-20-28(31)33-30(5,6)24-13-11-23(12-14-24)29(2,3)4/h7-19H,20H2,1-6H3/q+1. The summed E-state index contributed by atoms with van der Waals surface area (Å²) in [5.41, 5.74) is 1.55. The van der Waals surface area contributed by atoms with E-state index < -0.39 is 5.60 Å². The zero-order chi connectivity index (χ0) is 24.5. The summed E-state index contributed by atoms with van der Waals surface area (Å²) in [6.07, 6.45) is 0. The molecule has 0 aliphatic heterocycles. The van der Waals surface area contributed by atoms with E-state index in [1.165, 1.54) is 25.4 Å². The van der Waals surface area contributed by atoms with E-state index in [-0.39, 0.29) is 28.5 Å². The molecule has 4 aromatic rings. The van der Waals surface area contributed by atoms with E-state index in [1.807, 2.05) is 38.1 Å². The summed E-state index contributed by atoms with van der Waals surface area (Å²) in [4.78, 5) is 15.1. The average molecular weight is 474 g/mol. The molecule has 4 rings (SSSR count). The molecule has 0 N–H and O–H groups in total. The van der Waals surface area contributed by atoms with Crippen LogP contribution in [0.25, 0.3) is 15.0 Å². The van der Waals surface area contributed by atoms with Gasteiger partial charge in [0.05, 0.1) is 0 Å². The van der Waals surface area contributed by atoms with Crippen molar-refractivity contribution in [1.29, 1.82) is 0 Å². The SMILES string of the molecule is Cc1cc2ccccc2[s+]1-c1ccc(OCC(=O)OC(C)(C)c2ccc(C(C)(C)C)cc2)cc1. The first kappa shape index (κ1) is 24.0. The van der Waals surface area contributed by atoms with Crippen LogP contribution >= 0.6 is 10.5 Å². The van der Waals surface area contributed by atoms with E-state index in [2.05, 4.69) is 82.3 Å². The van der Waals surface area contributed by atoms with Gasteiger partial charge in [-0.05, 0) is 54.7 Å². The van der Waals surface area contributed by atoms with E-state index in [4.69, 9.17) is 9.47 Å². The third-order valence-corrected chi connectivity index (χ3v) is 8.37. The second-order valence-corrected chi connectivity index (χ2v) is 12.3. The van der Waals surface area contributed by atoms with Gasteiger partial charge in [-0.15, -0.1) is 0 Å². The molecule has 3 nitrogen and oxygen atoms in total. The normalized spacial score (nSPS) is 12.6. The first-order valence-corrected chi connectivity index (χ1v) is 12.8. The van der Waals surface area contributed by atoms with Gasteiger partial charge in [-0.2, -0.15) is 0 Å². The fourth-order valence-corrected chi connectivity index (χ4v) is 6.31. The molecule has 1 atom stereocenters. The lowest BCUT2D eigenvalue weighted by Crippen LogP contribution is -2.28. The highest BCUT2D eigenvalue weighted by Crippen LogP contribution is 2.43. The molecule has 4 heteroatoms. The average Bonchev–Trinajstić information content (AvgIpc) is 3.13. The molecule has 0 spiro atoms. The Morgan fingerprint density at radius 1 is 0.824 bits per heavy atom. The fourth-order valence-electron chi connectivity index (χ4n) is 4.11. The van der Waals surface area contributed by atoms with Gasteiger partial charge in [-0.25, -0.2) is 4.79 Å². The summed E-state index contributed by atoms with van der Waals surface area (Å²) in [6.45, 7) is 12.4. The largest absolute Gasteiger partial charge is 0.482 e. The Balaban J connectivity index is 1.39. The lowest BCUT2D eigenvalue weighted by molar-refractivity contribution is -0.159. The first-order chi connectivity index (χ1) is 16.0. The molecule has 3 aromatic carbocycles. The maximum Gasteiger partial charge on any atom is 0.345 e. The number of carbonyl (C=O) groups is 1. The van der Waals surface area contributed by atoms with Gasteiger partial charge < -0.3 is 9.47 Å². The van der Waals surface area contributed by atoms with E-state index in [0.717, 1.165) is 5.56 Å². The summed E-state index contributed by atoms with van der Waals surface area (Å²) < 4.78 is 12.9. The molecule has 0 amide bonds. The lowest BCUT2D eigenvalue weighted by Gasteiger charge is -2.27. The number of hydrogen-bond acceptors (Lipinski definition) is 3. The summed E-state index contributed by atoms with van der Waals surface area (Å²) >= 11 is 0. The zero-order valence-electron chi connectivity index (χ0n) is 20.8. The van der Waals surface area contributed by atoms with Gasteiger partial charge >= 0.3 is 5.97 Å². The number of rotatable bonds is 6. The first-order valence-electron chi connectivity index (χ1n) is 11.6. The minimum Gasteiger partial charge on any atom is -0.482 e. The minimum atomic E-state index is -0.735. The van der Waals surface area contributed by atoms with Gasteiger partial charge in [0.2, 0.25) is 0 Å². The van der Waals surface area contributed by atoms with Crippen LogP contribution in [0, 0.1) is 6.92 Å². The third kappa shape index (κ3) is 5.18. The van der Waals surface area contributed by atoms with Crippen LogP contribution in [0.2, 0.25) is 0 Å². The smallest absolute Gasteiger partial charge is 0.345 e. The van der Waals surface area contributed by atoms with Crippen LogP contribution < -0.4 is 4.74 Å². The van der Waals surface area contributed by atoms with Crippen LogP contribution in [-0.2, 0) is 20.5 Å². The quantitative estimate of drug-likeness (QED) is 0.210. The third-order valence-electron chi connectivity index (χ3n) is 6.05. The monoisotopic (exact) mass is 473 g/mol. The van der Waals surface area contributed by atoms with Crippen molar-refractivity contribution in [3.05, 3.63) is 94.9 Å². The van der Waals surface area contributed by atoms with Crippen LogP contribution in [0.5, 0.6) is 5.75 Å². The Bertz CT molecular complexity index is 1290. The molecular weight excluding hydrogens is 440 g/mol. The number of hydrogen-bond donors (Lipinski definition) is 0. The maximum absolute atomic E-state index is 12.5. The molecule has 34 heavy (non-hydrogen) atoms. The highest BCUT2D eigenvalue weighted by atomic mass is 32.2. The summed E-state index contributed by atoms with van der Waals surface area (Å²) in [6, 6.07) is 27.1. The minimum absolute atomic E-state index is 0.0596. The number of aryl methyl sites for hydroxylation is 1. The van der Waals surface area contributed by atoms with Crippen LogP contribution in [-0.4, -0.2) is 12.6 Å². The van der Waals surface area contributed by atoms with Crippen molar-refractivity contribution in [3.63, 3.8) is 0 Å². The van der Waals surface area contributed by atoms with Gasteiger partial charge in [0.25, 0.3) is 0 Å². The van der Waals surface area contributed by atoms with Gasteiger partial charge in [0.15, 0.2) is 21.1 Å². The second kappa shape index (κ2) is 9.27. The molecule has 176 valence electrons. The Hall–Kier alpha value is -3.11. The molecule has 1 heterocycles. The van der Waals surface area contributed by atoms with Gasteiger partial charge in [0.1, 0.15) is 11.4 Å². The summed E-state index contributed by atoms with van der Waals surface area (Å²) in [5, 5.41) is 1.29. The van der Waals surface area contributed by atoms with Crippen LogP contribution in [0.15, 0.2) is 78.9 Å². The molecule has 1 aromatic heterocycles. The zero-order valence-corrected chi connectivity index (χ0v) is 21.7. The second-order valence-electron chi connectivity index (χ2n) is 10.2. The summed E-state index contributed by atoms with van der Waals surface area (Å²) in [5.74, 6) is 0.269. The van der Waals surface area contributed by atoms with Crippen molar-refractivity contribution in [3.8, 4) is 10.6 Å². The van der Waals surface area contributed by atoms with Crippen molar-refractivity contribution in [2.45, 2.75) is 52.6 Å². The van der Waals surface area contributed by atoms with Gasteiger partial charge in [-0.1, -0.05) is 57.2 Å². The number of benzene rings is 3. The molecule has 0 aliphatic rings. The van der Waals surface area contributed by atoms with Crippen molar-refractivity contribution in [2.75, 3.05) is 6.61 Å². The highest BCUT2D eigenvalue weighted by Gasteiger charge is 2.26. The molecule has 0 fully saturated rings. The Labute approximate surface area is 205 Å². The number of esters is 1. The lowest BCUT2D eigenvalue weighted by atomic mass is 9.85. The van der Waals surface area contributed by atoms with Gasteiger partial charge in [0, 0.05) is 41.0 Å². The summed E-state index contributed by atoms with van der Waals surface area (Å²) in [7, 11) is -0.0596. The van der Waals surface area contributed by atoms with Crippen LogP contribution in [0.4, 0.5) is 0 Å².